The summed E-state index contributed by atoms with van der Waals surface area (Å²) in [6, 6.07) is 0. The van der Waals surface area contributed by atoms with E-state index >= 15 is 0 Å². The molecule has 7 heteroatoms. The van der Waals surface area contributed by atoms with E-state index in [9.17, 15) is 9.59 Å². The van der Waals surface area contributed by atoms with Crippen molar-refractivity contribution < 1.29 is 18.8 Å². The first-order valence-corrected chi connectivity index (χ1v) is 12.6. The Kier molecular flexibility index (Phi) is 8.72. The van der Waals surface area contributed by atoms with Gasteiger partial charge in [0.15, 0.2) is 0 Å². The molecule has 1 aliphatic heterocycles. The van der Waals surface area contributed by atoms with E-state index in [1.54, 1.807) is 4.90 Å². The van der Waals surface area contributed by atoms with Crippen LogP contribution in [-0.2, 0) is 9.53 Å². The van der Waals surface area contributed by atoms with Crippen molar-refractivity contribution in [2.45, 2.75) is 110 Å². The Labute approximate surface area is 192 Å². The minimum absolute atomic E-state index is 0.107. The lowest BCUT2D eigenvalue weighted by Gasteiger charge is -2.29. The van der Waals surface area contributed by atoms with Crippen molar-refractivity contribution in [2.75, 3.05) is 13.1 Å². The third-order valence-corrected chi connectivity index (χ3v) is 6.78. The third kappa shape index (κ3) is 7.59. The summed E-state index contributed by atoms with van der Waals surface area (Å²) in [7, 11) is 0. The number of hydrogen-bond donors (Lipinski definition) is 0. The first-order valence-electron chi connectivity index (χ1n) is 12.6. The Hall–Kier alpha value is -1.92. The molecule has 1 atom stereocenters. The highest BCUT2D eigenvalue weighted by molar-refractivity contribution is 5.90. The van der Waals surface area contributed by atoms with Gasteiger partial charge in [-0.05, 0) is 51.9 Å². The van der Waals surface area contributed by atoms with Crippen LogP contribution in [0, 0.1) is 11.8 Å². The van der Waals surface area contributed by atoms with Crippen LogP contribution in [0.5, 0.6) is 0 Å². The highest BCUT2D eigenvalue weighted by Crippen LogP contribution is 2.31. The lowest BCUT2D eigenvalue weighted by atomic mass is 9.84. The van der Waals surface area contributed by atoms with Crippen LogP contribution < -0.4 is 0 Å². The second-order valence-electron chi connectivity index (χ2n) is 10.9. The molecule has 1 aliphatic carbocycles. The minimum atomic E-state index is -0.537. The Morgan fingerprint density at radius 1 is 1.12 bits per heavy atom. The maximum absolute atomic E-state index is 12.8. The van der Waals surface area contributed by atoms with Crippen molar-refractivity contribution in [2.24, 2.45) is 11.8 Å². The molecule has 0 N–H and O–H groups in total. The van der Waals surface area contributed by atoms with Crippen molar-refractivity contribution in [3.8, 4) is 0 Å². The zero-order chi connectivity index (χ0) is 23.1. The van der Waals surface area contributed by atoms with Gasteiger partial charge in [0.25, 0.3) is 11.7 Å². The summed E-state index contributed by atoms with van der Waals surface area (Å²) in [5.74, 6) is 1.25. The number of carbonyl (C=O) groups is 2. The Morgan fingerprint density at radius 3 is 2.47 bits per heavy atom. The highest BCUT2D eigenvalue weighted by Gasteiger charge is 2.29. The Balaban J connectivity index is 1.63. The molecule has 1 saturated heterocycles. The zero-order valence-corrected chi connectivity index (χ0v) is 20.4. The largest absolute Gasteiger partial charge is 0.460 e. The van der Waals surface area contributed by atoms with Gasteiger partial charge in [0.2, 0.25) is 5.89 Å². The van der Waals surface area contributed by atoms with E-state index < -0.39 is 5.60 Å². The molecule has 0 spiro atoms. The second-order valence-corrected chi connectivity index (χ2v) is 10.9. The fourth-order valence-electron chi connectivity index (χ4n) is 4.87. The molecular weight excluding hydrogens is 406 g/mol. The zero-order valence-electron chi connectivity index (χ0n) is 20.4. The van der Waals surface area contributed by atoms with Gasteiger partial charge in [0.1, 0.15) is 5.60 Å². The predicted octanol–water partition coefficient (Wildman–Crippen LogP) is 5.51. The average molecular weight is 448 g/mol. The molecule has 1 saturated carbocycles. The summed E-state index contributed by atoms with van der Waals surface area (Å²) >= 11 is 0. The van der Waals surface area contributed by atoms with Gasteiger partial charge < -0.3 is 14.2 Å². The molecule has 1 amide bonds. The van der Waals surface area contributed by atoms with Crippen LogP contribution in [0.3, 0.4) is 0 Å². The number of rotatable bonds is 8. The Morgan fingerprint density at radius 2 is 1.81 bits per heavy atom. The van der Waals surface area contributed by atoms with Crippen LogP contribution >= 0.6 is 0 Å². The van der Waals surface area contributed by atoms with Crippen molar-refractivity contribution in [1.29, 1.82) is 0 Å². The molecule has 1 aromatic rings. The first-order chi connectivity index (χ1) is 15.2. The molecule has 2 aliphatic rings. The summed E-state index contributed by atoms with van der Waals surface area (Å²) in [6.45, 7) is 9.27. The van der Waals surface area contributed by atoms with Crippen LogP contribution in [0.2, 0.25) is 0 Å². The molecule has 1 aromatic heterocycles. The predicted molar refractivity (Wildman–Crippen MR) is 122 cm³/mol. The van der Waals surface area contributed by atoms with Crippen molar-refractivity contribution >= 4 is 11.9 Å². The molecule has 2 heterocycles. The van der Waals surface area contributed by atoms with Crippen LogP contribution in [0.1, 0.15) is 121 Å². The van der Waals surface area contributed by atoms with E-state index in [2.05, 4.69) is 17.1 Å². The van der Waals surface area contributed by atoms with Crippen LogP contribution in [-0.4, -0.2) is 45.6 Å². The molecule has 180 valence electrons. The van der Waals surface area contributed by atoms with E-state index in [0.29, 0.717) is 11.8 Å². The molecular formula is C25H41N3O4. The second kappa shape index (κ2) is 11.3. The van der Waals surface area contributed by atoms with Gasteiger partial charge in [-0.1, -0.05) is 57.0 Å². The topological polar surface area (TPSA) is 85.5 Å². The molecule has 0 aromatic carbocycles. The van der Waals surface area contributed by atoms with Gasteiger partial charge in [-0.15, -0.1) is 0 Å². The van der Waals surface area contributed by atoms with E-state index in [0.717, 1.165) is 51.1 Å². The molecule has 32 heavy (non-hydrogen) atoms. The summed E-state index contributed by atoms with van der Waals surface area (Å²) in [6.07, 6.45) is 11.8. The monoisotopic (exact) mass is 447 g/mol. The number of hydrogen-bond acceptors (Lipinski definition) is 6. The Bertz CT molecular complexity index is 741. The minimum Gasteiger partial charge on any atom is -0.460 e. The fraction of sp³-hybridized carbons (Fsp3) is 0.840. The van der Waals surface area contributed by atoms with Gasteiger partial charge in [0, 0.05) is 19.0 Å². The van der Waals surface area contributed by atoms with Crippen LogP contribution in [0.25, 0.3) is 0 Å². The van der Waals surface area contributed by atoms with Gasteiger partial charge in [-0.3, -0.25) is 9.59 Å². The molecule has 7 nitrogen and oxygen atoms in total. The number of ether oxygens (including phenoxy) is 1. The van der Waals surface area contributed by atoms with Gasteiger partial charge >= 0.3 is 5.97 Å². The first kappa shape index (κ1) is 24.7. The highest BCUT2D eigenvalue weighted by atomic mass is 16.6. The van der Waals surface area contributed by atoms with Crippen molar-refractivity contribution in [1.82, 2.24) is 15.0 Å². The van der Waals surface area contributed by atoms with Gasteiger partial charge in [-0.25, -0.2) is 0 Å². The number of likely N-dealkylation sites (tertiary alicyclic amines) is 1. The number of nitrogens with zero attached hydrogens (tertiary/aromatic N) is 3. The van der Waals surface area contributed by atoms with Crippen LogP contribution in [0.4, 0.5) is 0 Å². The standard InChI is InChI=1S/C25H41N3O4/c1-18-13-15-28(16-14-18)24(30)22-26-23(32-27-22)20(17-21(29)31-25(2,3)4)12-8-11-19-9-6-5-7-10-19/h18-20H,5-17H2,1-4H3/t20-/m1/s1. The molecule has 0 radical (unpaired) electrons. The maximum atomic E-state index is 12.8. The fourth-order valence-corrected chi connectivity index (χ4v) is 4.87. The van der Waals surface area contributed by atoms with Gasteiger partial charge in [0.05, 0.1) is 6.42 Å². The molecule has 0 unspecified atom stereocenters. The number of aromatic nitrogens is 2. The van der Waals surface area contributed by atoms with E-state index in [4.69, 9.17) is 9.26 Å². The van der Waals surface area contributed by atoms with E-state index in [-0.39, 0.29) is 30.0 Å². The summed E-state index contributed by atoms with van der Waals surface area (Å²) in [5.41, 5.74) is -0.537. The quantitative estimate of drug-likeness (QED) is 0.489. The van der Waals surface area contributed by atoms with Crippen molar-refractivity contribution in [3.05, 3.63) is 11.7 Å². The smallest absolute Gasteiger partial charge is 0.307 e. The average Bonchev–Trinajstić information content (AvgIpc) is 3.23. The summed E-state index contributed by atoms with van der Waals surface area (Å²) in [5, 5.41) is 3.98. The normalized spacial score (nSPS) is 19.7. The maximum Gasteiger partial charge on any atom is 0.307 e. The van der Waals surface area contributed by atoms with Crippen LogP contribution in [0.15, 0.2) is 4.52 Å². The number of esters is 1. The molecule has 3 rings (SSSR count). The SMILES string of the molecule is CC1CCN(C(=O)c2noc([C@H](CCCC3CCCCC3)CC(=O)OC(C)(C)C)n2)CC1. The number of carbonyl (C=O) groups excluding carboxylic acids is 2. The molecule has 0 bridgehead atoms. The number of piperidine rings is 1. The lowest BCUT2D eigenvalue weighted by Crippen LogP contribution is -2.38. The van der Waals surface area contributed by atoms with Crippen molar-refractivity contribution in [3.63, 3.8) is 0 Å². The van der Waals surface area contributed by atoms with Gasteiger partial charge in [-0.2, -0.15) is 4.98 Å². The van der Waals surface area contributed by atoms with E-state index in [1.165, 1.54) is 32.1 Å². The summed E-state index contributed by atoms with van der Waals surface area (Å²) < 4.78 is 11.1. The lowest BCUT2D eigenvalue weighted by molar-refractivity contribution is -0.155. The summed E-state index contributed by atoms with van der Waals surface area (Å²) in [4.78, 5) is 31.6. The number of amides is 1. The molecule has 2 fully saturated rings. The third-order valence-electron chi connectivity index (χ3n) is 6.78. The van der Waals surface area contributed by atoms with E-state index in [1.807, 2.05) is 20.8 Å².